The van der Waals surface area contributed by atoms with E-state index in [1.165, 1.54) is 5.56 Å². The van der Waals surface area contributed by atoms with Crippen LogP contribution in [0.3, 0.4) is 0 Å². The average Bonchev–Trinajstić information content (AvgIpc) is 2.98. The molecule has 116 valence electrons. The molecule has 2 rings (SSSR count). The first kappa shape index (κ1) is 16.2. The van der Waals surface area contributed by atoms with Gasteiger partial charge in [0.05, 0.1) is 19.0 Å². The molecule has 0 amide bonds. The van der Waals surface area contributed by atoms with Gasteiger partial charge in [-0.15, -0.1) is 0 Å². The molecular formula is C17H21N3OS. The predicted octanol–water partition coefficient (Wildman–Crippen LogP) is 3.58. The van der Waals surface area contributed by atoms with Crippen LogP contribution in [0.2, 0.25) is 0 Å². The molecule has 0 radical (unpaired) electrons. The fraction of sp³-hybridized carbons (Fsp3) is 0.294. The van der Waals surface area contributed by atoms with E-state index in [-0.39, 0.29) is 5.41 Å². The summed E-state index contributed by atoms with van der Waals surface area (Å²) in [7, 11) is 0. The van der Waals surface area contributed by atoms with Gasteiger partial charge in [0.15, 0.2) is 5.11 Å². The molecule has 1 aromatic heterocycles. The Labute approximate surface area is 136 Å². The number of benzene rings is 1. The van der Waals surface area contributed by atoms with Crippen molar-refractivity contribution in [1.82, 2.24) is 10.7 Å². The lowest BCUT2D eigenvalue weighted by Gasteiger charge is -2.18. The fourth-order valence-electron chi connectivity index (χ4n) is 1.85. The van der Waals surface area contributed by atoms with Crippen molar-refractivity contribution in [2.45, 2.75) is 32.7 Å². The highest BCUT2D eigenvalue weighted by molar-refractivity contribution is 7.80. The van der Waals surface area contributed by atoms with Crippen LogP contribution in [0.5, 0.6) is 0 Å². The Hall–Kier alpha value is -2.14. The van der Waals surface area contributed by atoms with Gasteiger partial charge in [-0.2, -0.15) is 5.10 Å². The molecule has 2 N–H and O–H groups in total. The zero-order valence-corrected chi connectivity index (χ0v) is 13.9. The van der Waals surface area contributed by atoms with Gasteiger partial charge in [0.2, 0.25) is 0 Å². The highest BCUT2D eigenvalue weighted by Gasteiger charge is 2.12. The smallest absolute Gasteiger partial charge is 0.187 e. The summed E-state index contributed by atoms with van der Waals surface area (Å²) in [6, 6.07) is 12.1. The van der Waals surface area contributed by atoms with E-state index in [2.05, 4.69) is 48.7 Å². The number of thiocarbonyl (C=S) groups is 1. The van der Waals surface area contributed by atoms with Gasteiger partial charge in [-0.3, -0.25) is 5.43 Å². The molecule has 0 saturated carbocycles. The van der Waals surface area contributed by atoms with Crippen LogP contribution in [0.15, 0.2) is 52.2 Å². The summed E-state index contributed by atoms with van der Waals surface area (Å²) >= 11 is 5.13. The monoisotopic (exact) mass is 315 g/mol. The Balaban J connectivity index is 1.80. The van der Waals surface area contributed by atoms with Gasteiger partial charge in [-0.1, -0.05) is 45.0 Å². The maximum Gasteiger partial charge on any atom is 0.187 e. The number of hydrogen-bond acceptors (Lipinski definition) is 3. The SMILES string of the molecule is CC(C)(C)c1ccc(/C=N\NC(=S)NCc2ccco2)cc1. The average molecular weight is 315 g/mol. The highest BCUT2D eigenvalue weighted by Crippen LogP contribution is 2.21. The van der Waals surface area contributed by atoms with Crippen LogP contribution in [0.4, 0.5) is 0 Å². The number of rotatable bonds is 4. The van der Waals surface area contributed by atoms with Gasteiger partial charge < -0.3 is 9.73 Å². The van der Waals surface area contributed by atoms with Gasteiger partial charge in [-0.05, 0) is 40.9 Å². The van der Waals surface area contributed by atoms with Crippen molar-refractivity contribution in [2.75, 3.05) is 0 Å². The van der Waals surface area contributed by atoms with Gasteiger partial charge in [0.25, 0.3) is 0 Å². The number of hydrogen-bond donors (Lipinski definition) is 2. The maximum atomic E-state index is 5.21. The zero-order valence-electron chi connectivity index (χ0n) is 13.1. The van der Waals surface area contributed by atoms with Crippen LogP contribution in [0.1, 0.15) is 37.7 Å². The zero-order chi connectivity index (χ0) is 16.0. The van der Waals surface area contributed by atoms with Crippen LogP contribution in [0, 0.1) is 0 Å². The molecule has 0 spiro atoms. The lowest BCUT2D eigenvalue weighted by atomic mass is 9.87. The van der Waals surface area contributed by atoms with Crippen molar-refractivity contribution >= 4 is 23.5 Å². The van der Waals surface area contributed by atoms with Crippen LogP contribution in [-0.4, -0.2) is 11.3 Å². The van der Waals surface area contributed by atoms with E-state index in [1.807, 2.05) is 24.3 Å². The second kappa shape index (κ2) is 7.22. The number of furan rings is 1. The first-order valence-corrected chi connectivity index (χ1v) is 7.56. The van der Waals surface area contributed by atoms with Crippen LogP contribution in [0.25, 0.3) is 0 Å². The summed E-state index contributed by atoms with van der Waals surface area (Å²) in [6.07, 6.45) is 3.38. The van der Waals surface area contributed by atoms with E-state index < -0.39 is 0 Å². The molecule has 1 heterocycles. The summed E-state index contributed by atoms with van der Waals surface area (Å²) in [6.45, 7) is 7.12. The number of nitrogens with zero attached hydrogens (tertiary/aromatic N) is 1. The van der Waals surface area contributed by atoms with E-state index in [0.29, 0.717) is 11.7 Å². The molecule has 0 aliphatic heterocycles. The van der Waals surface area contributed by atoms with Gasteiger partial charge >= 0.3 is 0 Å². The standard InChI is InChI=1S/C17H21N3OS/c1-17(2,3)14-8-6-13(7-9-14)11-19-20-16(22)18-12-15-5-4-10-21-15/h4-11H,12H2,1-3H3,(H2,18,20,22)/b19-11-. The quantitative estimate of drug-likeness (QED) is 0.514. The van der Waals surface area contributed by atoms with Crippen LogP contribution in [-0.2, 0) is 12.0 Å². The van der Waals surface area contributed by atoms with E-state index in [4.69, 9.17) is 16.6 Å². The number of hydrazone groups is 1. The highest BCUT2D eigenvalue weighted by atomic mass is 32.1. The first-order valence-electron chi connectivity index (χ1n) is 7.15. The molecule has 5 heteroatoms. The molecule has 4 nitrogen and oxygen atoms in total. The van der Waals surface area contributed by atoms with E-state index >= 15 is 0 Å². The van der Waals surface area contributed by atoms with Gasteiger partial charge in [-0.25, -0.2) is 0 Å². The predicted molar refractivity (Wildman–Crippen MR) is 94.0 cm³/mol. The summed E-state index contributed by atoms with van der Waals surface area (Å²) in [5, 5.41) is 7.59. The molecule has 1 aromatic carbocycles. The van der Waals surface area contributed by atoms with Crippen molar-refractivity contribution in [3.63, 3.8) is 0 Å². The second-order valence-corrected chi connectivity index (χ2v) is 6.41. The fourth-order valence-corrected chi connectivity index (χ4v) is 1.98. The Morgan fingerprint density at radius 2 is 1.95 bits per heavy atom. The van der Waals surface area contributed by atoms with Crippen molar-refractivity contribution < 1.29 is 4.42 Å². The molecule has 22 heavy (non-hydrogen) atoms. The van der Waals surface area contributed by atoms with Crippen molar-refractivity contribution in [3.8, 4) is 0 Å². The molecule has 0 bridgehead atoms. The minimum atomic E-state index is 0.158. The Morgan fingerprint density at radius 1 is 1.23 bits per heavy atom. The minimum Gasteiger partial charge on any atom is -0.467 e. The van der Waals surface area contributed by atoms with Crippen molar-refractivity contribution in [1.29, 1.82) is 0 Å². The molecule has 0 unspecified atom stereocenters. The van der Waals surface area contributed by atoms with E-state index in [9.17, 15) is 0 Å². The lowest BCUT2D eigenvalue weighted by Crippen LogP contribution is -2.31. The first-order chi connectivity index (χ1) is 10.4. The summed E-state index contributed by atoms with van der Waals surface area (Å²) in [4.78, 5) is 0. The minimum absolute atomic E-state index is 0.158. The molecule has 0 aliphatic carbocycles. The summed E-state index contributed by atoms with van der Waals surface area (Å²) < 4.78 is 5.21. The second-order valence-electron chi connectivity index (χ2n) is 6.00. The lowest BCUT2D eigenvalue weighted by molar-refractivity contribution is 0.502. The van der Waals surface area contributed by atoms with Crippen LogP contribution < -0.4 is 10.7 Å². The van der Waals surface area contributed by atoms with Gasteiger partial charge in [0.1, 0.15) is 5.76 Å². The third-order valence-corrected chi connectivity index (χ3v) is 3.40. The van der Waals surface area contributed by atoms with Crippen LogP contribution >= 0.6 is 12.2 Å². The Morgan fingerprint density at radius 3 is 2.55 bits per heavy atom. The van der Waals surface area contributed by atoms with Crippen molar-refractivity contribution in [2.24, 2.45) is 5.10 Å². The summed E-state index contributed by atoms with van der Waals surface area (Å²) in [5.41, 5.74) is 5.27. The molecular weight excluding hydrogens is 294 g/mol. The third kappa shape index (κ3) is 5.00. The molecule has 0 aliphatic rings. The molecule has 0 saturated heterocycles. The largest absolute Gasteiger partial charge is 0.467 e. The van der Waals surface area contributed by atoms with Gasteiger partial charge in [0, 0.05) is 0 Å². The maximum absolute atomic E-state index is 5.21. The molecule has 0 fully saturated rings. The van der Waals surface area contributed by atoms with E-state index in [0.717, 1.165) is 11.3 Å². The number of nitrogens with one attached hydrogen (secondary N) is 2. The normalized spacial score (nSPS) is 11.6. The molecule has 2 aromatic rings. The third-order valence-electron chi connectivity index (χ3n) is 3.16. The Bertz CT molecular complexity index is 625. The van der Waals surface area contributed by atoms with Crippen molar-refractivity contribution in [3.05, 3.63) is 59.5 Å². The topological polar surface area (TPSA) is 49.6 Å². The Kier molecular flexibility index (Phi) is 5.33. The summed E-state index contributed by atoms with van der Waals surface area (Å²) in [5.74, 6) is 0.825. The molecule has 0 atom stereocenters. The van der Waals surface area contributed by atoms with E-state index in [1.54, 1.807) is 12.5 Å².